The lowest BCUT2D eigenvalue weighted by Gasteiger charge is -2.27. The third kappa shape index (κ3) is 7.65. The zero-order valence-electron chi connectivity index (χ0n) is 22.2. The SMILES string of the molecule is COCc1ccccc1CNC(=O)c1ccc2c(c1)Cc1cccc(c1)CN(C(C)C)CCOCCO2. The van der Waals surface area contributed by atoms with E-state index >= 15 is 0 Å². The van der Waals surface area contributed by atoms with Crippen LogP contribution in [0.2, 0.25) is 0 Å². The van der Waals surface area contributed by atoms with Gasteiger partial charge in [-0.1, -0.05) is 48.5 Å². The van der Waals surface area contributed by atoms with Crippen molar-refractivity contribution in [1.29, 1.82) is 0 Å². The van der Waals surface area contributed by atoms with Gasteiger partial charge in [0.05, 0.1) is 19.8 Å². The summed E-state index contributed by atoms with van der Waals surface area (Å²) in [6.07, 6.45) is 0.684. The van der Waals surface area contributed by atoms with Crippen LogP contribution in [0, 0.1) is 0 Å². The number of carbonyl (C=O) groups excluding carboxylic acids is 1. The summed E-state index contributed by atoms with van der Waals surface area (Å²) >= 11 is 0. The van der Waals surface area contributed by atoms with Gasteiger partial charge < -0.3 is 19.5 Å². The Balaban J connectivity index is 1.54. The largest absolute Gasteiger partial charge is 0.491 e. The van der Waals surface area contributed by atoms with Crippen LogP contribution in [0.4, 0.5) is 0 Å². The fourth-order valence-electron chi connectivity index (χ4n) is 4.61. The van der Waals surface area contributed by atoms with Crippen LogP contribution in [0.25, 0.3) is 0 Å². The molecule has 0 unspecified atom stereocenters. The monoisotopic (exact) mass is 502 g/mol. The number of hydrogen-bond donors (Lipinski definition) is 1. The Bertz CT molecular complexity index is 1180. The first-order chi connectivity index (χ1) is 18.0. The van der Waals surface area contributed by atoms with Crippen LogP contribution < -0.4 is 10.1 Å². The van der Waals surface area contributed by atoms with Crippen molar-refractivity contribution in [2.45, 2.75) is 46.0 Å². The van der Waals surface area contributed by atoms with Crippen LogP contribution >= 0.6 is 0 Å². The molecule has 0 spiro atoms. The second-order valence-electron chi connectivity index (χ2n) is 9.73. The first kappa shape index (κ1) is 26.9. The first-order valence-corrected chi connectivity index (χ1v) is 13.0. The van der Waals surface area contributed by atoms with E-state index in [9.17, 15) is 4.79 Å². The van der Waals surface area contributed by atoms with Gasteiger partial charge in [0.2, 0.25) is 0 Å². The number of benzene rings is 3. The molecule has 37 heavy (non-hydrogen) atoms. The van der Waals surface area contributed by atoms with Gasteiger partial charge in [0.1, 0.15) is 12.4 Å². The number of methoxy groups -OCH3 is 1. The van der Waals surface area contributed by atoms with Crippen molar-refractivity contribution in [1.82, 2.24) is 10.2 Å². The van der Waals surface area contributed by atoms with Gasteiger partial charge >= 0.3 is 0 Å². The molecule has 0 fully saturated rings. The molecule has 3 aromatic rings. The minimum Gasteiger partial charge on any atom is -0.491 e. The summed E-state index contributed by atoms with van der Waals surface area (Å²) in [7, 11) is 1.68. The average molecular weight is 503 g/mol. The lowest BCUT2D eigenvalue weighted by molar-refractivity contribution is 0.0695. The van der Waals surface area contributed by atoms with Gasteiger partial charge in [-0.3, -0.25) is 9.69 Å². The van der Waals surface area contributed by atoms with Crippen LogP contribution in [-0.4, -0.2) is 50.3 Å². The fourth-order valence-corrected chi connectivity index (χ4v) is 4.61. The Morgan fingerprint density at radius 2 is 1.78 bits per heavy atom. The Morgan fingerprint density at radius 3 is 2.59 bits per heavy atom. The third-order valence-electron chi connectivity index (χ3n) is 6.69. The van der Waals surface area contributed by atoms with Crippen molar-refractivity contribution in [2.24, 2.45) is 0 Å². The number of amides is 1. The van der Waals surface area contributed by atoms with Crippen molar-refractivity contribution >= 4 is 5.91 Å². The van der Waals surface area contributed by atoms with Crippen LogP contribution in [0.3, 0.4) is 0 Å². The summed E-state index contributed by atoms with van der Waals surface area (Å²) in [5, 5.41) is 3.06. The predicted molar refractivity (Wildman–Crippen MR) is 146 cm³/mol. The highest BCUT2D eigenvalue weighted by Gasteiger charge is 2.15. The topological polar surface area (TPSA) is 60.0 Å². The van der Waals surface area contributed by atoms with Crippen molar-refractivity contribution in [3.63, 3.8) is 0 Å². The lowest BCUT2D eigenvalue weighted by atomic mass is 9.99. The molecule has 6 heteroatoms. The minimum absolute atomic E-state index is 0.112. The van der Waals surface area contributed by atoms with Crippen LogP contribution in [0.15, 0.2) is 66.7 Å². The van der Waals surface area contributed by atoms with E-state index in [0.717, 1.165) is 35.5 Å². The highest BCUT2D eigenvalue weighted by atomic mass is 16.5. The third-order valence-corrected chi connectivity index (χ3v) is 6.69. The van der Waals surface area contributed by atoms with Crippen LogP contribution in [0.5, 0.6) is 5.75 Å². The molecule has 0 saturated heterocycles. The fraction of sp³-hybridized carbons (Fsp3) is 0.387. The number of rotatable bonds is 6. The van der Waals surface area contributed by atoms with Crippen molar-refractivity contribution in [3.8, 4) is 5.75 Å². The summed E-state index contributed by atoms with van der Waals surface area (Å²) in [4.78, 5) is 15.5. The quantitative estimate of drug-likeness (QED) is 0.516. The molecular weight excluding hydrogens is 464 g/mol. The van der Waals surface area contributed by atoms with E-state index in [1.54, 1.807) is 7.11 Å². The highest BCUT2D eigenvalue weighted by Crippen LogP contribution is 2.25. The number of carbonyl (C=O) groups is 1. The molecule has 196 valence electrons. The minimum atomic E-state index is -0.112. The maximum Gasteiger partial charge on any atom is 0.251 e. The van der Waals surface area contributed by atoms with E-state index < -0.39 is 0 Å². The molecule has 0 aliphatic carbocycles. The predicted octanol–water partition coefficient (Wildman–Crippen LogP) is 4.97. The Kier molecular flexibility index (Phi) is 9.71. The van der Waals surface area contributed by atoms with Gasteiger partial charge in [-0.2, -0.15) is 0 Å². The van der Waals surface area contributed by atoms with Gasteiger partial charge in [0, 0.05) is 44.8 Å². The molecule has 0 atom stereocenters. The Labute approximate surface area is 220 Å². The maximum absolute atomic E-state index is 13.1. The Morgan fingerprint density at radius 1 is 0.973 bits per heavy atom. The van der Waals surface area contributed by atoms with E-state index in [0.29, 0.717) is 51.0 Å². The van der Waals surface area contributed by atoms with Gasteiger partial charge in [-0.05, 0) is 59.9 Å². The van der Waals surface area contributed by atoms with E-state index in [-0.39, 0.29) is 5.91 Å². The second kappa shape index (κ2) is 13.4. The molecule has 6 nitrogen and oxygen atoms in total. The molecule has 1 aliphatic heterocycles. The summed E-state index contributed by atoms with van der Waals surface area (Å²) < 4.78 is 17.2. The molecule has 1 aliphatic rings. The molecular formula is C31H38N2O4. The number of nitrogens with one attached hydrogen (secondary N) is 1. The van der Waals surface area contributed by atoms with Gasteiger partial charge in [0.25, 0.3) is 5.91 Å². The van der Waals surface area contributed by atoms with Gasteiger partial charge in [-0.15, -0.1) is 0 Å². The Hall–Kier alpha value is -3.19. The zero-order valence-corrected chi connectivity index (χ0v) is 22.2. The standard InChI is InChI=1S/C31H38N2O4/c1-23(2)33-13-14-36-15-16-37-30-12-11-26(19-29(30)18-24-7-6-8-25(17-24)21-33)31(34)32-20-27-9-4-5-10-28(27)22-35-3/h4-12,17,19,23H,13-16,18,20-22H2,1-3H3,(H,32,34). The van der Waals surface area contributed by atoms with E-state index in [1.807, 2.05) is 42.5 Å². The van der Waals surface area contributed by atoms with E-state index in [2.05, 4.69) is 48.3 Å². The molecule has 1 amide bonds. The molecule has 0 aromatic heterocycles. The molecule has 0 radical (unpaired) electrons. The van der Waals surface area contributed by atoms with E-state index in [1.165, 1.54) is 11.1 Å². The van der Waals surface area contributed by atoms with Gasteiger partial charge in [0.15, 0.2) is 0 Å². The normalized spacial score (nSPS) is 14.9. The molecule has 1 heterocycles. The van der Waals surface area contributed by atoms with Crippen LogP contribution in [-0.2, 0) is 35.6 Å². The summed E-state index contributed by atoms with van der Waals surface area (Å²) in [5.74, 6) is 0.677. The van der Waals surface area contributed by atoms with Crippen molar-refractivity contribution in [3.05, 3.63) is 100 Å². The van der Waals surface area contributed by atoms with E-state index in [4.69, 9.17) is 14.2 Å². The number of hydrogen-bond acceptors (Lipinski definition) is 5. The summed E-state index contributed by atoms with van der Waals surface area (Å²) in [6.45, 7) is 8.82. The summed E-state index contributed by atoms with van der Waals surface area (Å²) in [6, 6.07) is 22.8. The number of nitrogens with zero attached hydrogens (tertiary/aromatic N) is 1. The van der Waals surface area contributed by atoms with Gasteiger partial charge in [-0.25, -0.2) is 0 Å². The second-order valence-corrected chi connectivity index (χ2v) is 9.73. The summed E-state index contributed by atoms with van der Waals surface area (Å²) in [5.41, 5.74) is 6.20. The lowest BCUT2D eigenvalue weighted by Crippen LogP contribution is -2.33. The number of fused-ring (bicyclic) bond motifs is 3. The zero-order chi connectivity index (χ0) is 26.0. The van der Waals surface area contributed by atoms with Crippen molar-refractivity contribution < 1.29 is 19.0 Å². The molecule has 1 N–H and O–H groups in total. The van der Waals surface area contributed by atoms with Crippen molar-refractivity contribution in [2.75, 3.05) is 33.5 Å². The molecule has 2 bridgehead atoms. The molecule has 3 aromatic carbocycles. The highest BCUT2D eigenvalue weighted by molar-refractivity contribution is 5.94. The smallest absolute Gasteiger partial charge is 0.251 e. The maximum atomic E-state index is 13.1. The average Bonchev–Trinajstić information content (AvgIpc) is 2.89. The molecule has 0 saturated carbocycles. The van der Waals surface area contributed by atoms with Crippen LogP contribution in [0.1, 0.15) is 52.0 Å². The first-order valence-electron chi connectivity index (χ1n) is 13.0. The number of ether oxygens (including phenoxy) is 3. The molecule has 4 rings (SSSR count).